The summed E-state index contributed by atoms with van der Waals surface area (Å²) >= 11 is 0. The van der Waals surface area contributed by atoms with Crippen molar-refractivity contribution in [2.45, 2.75) is 23.8 Å². The largest absolute Gasteiger partial charge is 0.491 e. The first-order valence-corrected chi connectivity index (χ1v) is 8.38. The molecule has 0 aliphatic carbocycles. The molecule has 1 saturated heterocycles. The quantitative estimate of drug-likeness (QED) is 0.788. The summed E-state index contributed by atoms with van der Waals surface area (Å²) in [6.45, 7) is 1.51. The minimum absolute atomic E-state index is 0.161. The predicted octanol–water partition coefficient (Wildman–Crippen LogP) is 0.857. The van der Waals surface area contributed by atoms with Crippen molar-refractivity contribution in [3.05, 3.63) is 24.3 Å². The van der Waals surface area contributed by atoms with E-state index in [1.54, 1.807) is 19.2 Å². The average Bonchev–Trinajstić information content (AvgIpc) is 2.48. The summed E-state index contributed by atoms with van der Waals surface area (Å²) in [5, 5.41) is 9.62. The fourth-order valence-corrected chi connectivity index (χ4v) is 3.75. The molecule has 1 aliphatic heterocycles. The van der Waals surface area contributed by atoms with Crippen LogP contribution in [0.5, 0.6) is 5.75 Å². The van der Waals surface area contributed by atoms with Crippen LogP contribution in [0.15, 0.2) is 29.2 Å². The SMILES string of the molecule is COCCOc1ccc(S(=O)(=O)N2CCCC(O)C2)cc1. The van der Waals surface area contributed by atoms with Crippen molar-refractivity contribution in [1.82, 2.24) is 4.31 Å². The van der Waals surface area contributed by atoms with E-state index in [2.05, 4.69) is 0 Å². The van der Waals surface area contributed by atoms with E-state index < -0.39 is 16.1 Å². The molecule has 0 bridgehead atoms. The Labute approximate surface area is 125 Å². The second kappa shape index (κ2) is 7.22. The third-order valence-electron chi connectivity index (χ3n) is 3.38. The van der Waals surface area contributed by atoms with Crippen molar-refractivity contribution < 1.29 is 23.0 Å². The lowest BCUT2D eigenvalue weighted by Gasteiger charge is -2.29. The Balaban J connectivity index is 2.06. The van der Waals surface area contributed by atoms with Crippen molar-refractivity contribution in [2.75, 3.05) is 33.4 Å². The highest BCUT2D eigenvalue weighted by Crippen LogP contribution is 2.22. The lowest BCUT2D eigenvalue weighted by Crippen LogP contribution is -2.42. The number of benzene rings is 1. The van der Waals surface area contributed by atoms with E-state index in [1.165, 1.54) is 16.4 Å². The summed E-state index contributed by atoms with van der Waals surface area (Å²) < 4.78 is 36.5. The third-order valence-corrected chi connectivity index (χ3v) is 5.26. The monoisotopic (exact) mass is 315 g/mol. The second-order valence-electron chi connectivity index (χ2n) is 4.97. The van der Waals surface area contributed by atoms with Gasteiger partial charge in [-0.15, -0.1) is 0 Å². The molecule has 1 aromatic carbocycles. The van der Waals surface area contributed by atoms with E-state index in [1.807, 2.05) is 0 Å². The summed E-state index contributed by atoms with van der Waals surface area (Å²) in [6.07, 6.45) is 0.752. The topological polar surface area (TPSA) is 76.1 Å². The van der Waals surface area contributed by atoms with E-state index >= 15 is 0 Å². The molecule has 2 rings (SSSR count). The normalized spacial score (nSPS) is 20.4. The van der Waals surface area contributed by atoms with Crippen LogP contribution in [0.3, 0.4) is 0 Å². The highest BCUT2D eigenvalue weighted by Gasteiger charge is 2.29. The number of rotatable bonds is 6. The van der Waals surface area contributed by atoms with Crippen LogP contribution in [0.4, 0.5) is 0 Å². The molecule has 118 valence electrons. The fourth-order valence-electron chi connectivity index (χ4n) is 2.24. The van der Waals surface area contributed by atoms with E-state index in [0.717, 1.165) is 0 Å². The van der Waals surface area contributed by atoms with Crippen LogP contribution in [0.1, 0.15) is 12.8 Å². The molecule has 1 N–H and O–H groups in total. The minimum Gasteiger partial charge on any atom is -0.491 e. The second-order valence-corrected chi connectivity index (χ2v) is 6.91. The first kappa shape index (κ1) is 16.2. The third kappa shape index (κ3) is 4.16. The molecule has 6 nitrogen and oxygen atoms in total. The van der Waals surface area contributed by atoms with Gasteiger partial charge < -0.3 is 14.6 Å². The minimum atomic E-state index is -3.54. The maximum atomic E-state index is 12.5. The molecule has 1 aromatic rings. The van der Waals surface area contributed by atoms with Crippen molar-refractivity contribution in [3.63, 3.8) is 0 Å². The Morgan fingerprint density at radius 2 is 2.00 bits per heavy atom. The number of β-amino-alcohol motifs (C(OH)–C–C–N with tert-alkyl or cyclic N) is 1. The van der Waals surface area contributed by atoms with Crippen LogP contribution < -0.4 is 4.74 Å². The highest BCUT2D eigenvalue weighted by atomic mass is 32.2. The zero-order valence-electron chi connectivity index (χ0n) is 12.1. The number of piperidine rings is 1. The first-order chi connectivity index (χ1) is 10.0. The summed E-state index contributed by atoms with van der Waals surface area (Å²) in [6, 6.07) is 6.31. The van der Waals surface area contributed by atoms with E-state index in [9.17, 15) is 13.5 Å². The molecule has 7 heteroatoms. The molecule has 1 unspecified atom stereocenters. The van der Waals surface area contributed by atoms with Gasteiger partial charge in [0.25, 0.3) is 0 Å². The van der Waals surface area contributed by atoms with Crippen LogP contribution in [0.2, 0.25) is 0 Å². The zero-order chi connectivity index (χ0) is 15.3. The molecule has 0 radical (unpaired) electrons. The number of nitrogens with zero attached hydrogens (tertiary/aromatic N) is 1. The number of hydrogen-bond acceptors (Lipinski definition) is 5. The lowest BCUT2D eigenvalue weighted by atomic mass is 10.1. The highest BCUT2D eigenvalue weighted by molar-refractivity contribution is 7.89. The van der Waals surface area contributed by atoms with Gasteiger partial charge >= 0.3 is 0 Å². The van der Waals surface area contributed by atoms with Gasteiger partial charge in [-0.25, -0.2) is 8.42 Å². The number of aliphatic hydroxyl groups excluding tert-OH is 1. The smallest absolute Gasteiger partial charge is 0.243 e. The van der Waals surface area contributed by atoms with Gasteiger partial charge in [-0.05, 0) is 37.1 Å². The molecular formula is C14H21NO5S. The van der Waals surface area contributed by atoms with E-state index in [-0.39, 0.29) is 11.4 Å². The molecule has 1 fully saturated rings. The average molecular weight is 315 g/mol. The Morgan fingerprint density at radius 1 is 1.29 bits per heavy atom. The van der Waals surface area contributed by atoms with Gasteiger partial charge in [0.15, 0.2) is 0 Å². The molecule has 1 atom stereocenters. The zero-order valence-corrected chi connectivity index (χ0v) is 12.9. The standard InChI is InChI=1S/C14H21NO5S/c1-19-9-10-20-13-4-6-14(7-5-13)21(17,18)15-8-2-3-12(16)11-15/h4-7,12,16H,2-3,8-11H2,1H3. The van der Waals surface area contributed by atoms with Crippen molar-refractivity contribution >= 4 is 10.0 Å². The van der Waals surface area contributed by atoms with Gasteiger partial charge in [0, 0.05) is 20.2 Å². The molecule has 0 amide bonds. The Hall–Kier alpha value is -1.15. The summed E-state index contributed by atoms with van der Waals surface area (Å²) in [4.78, 5) is 0.218. The van der Waals surface area contributed by atoms with Crippen LogP contribution in [-0.4, -0.2) is 57.3 Å². The maximum absolute atomic E-state index is 12.5. The van der Waals surface area contributed by atoms with Crippen LogP contribution in [0.25, 0.3) is 0 Å². The van der Waals surface area contributed by atoms with Crippen molar-refractivity contribution in [2.24, 2.45) is 0 Å². The van der Waals surface area contributed by atoms with Gasteiger partial charge in [-0.3, -0.25) is 0 Å². The predicted molar refractivity (Wildman–Crippen MR) is 77.8 cm³/mol. The molecular weight excluding hydrogens is 294 g/mol. The van der Waals surface area contributed by atoms with Gasteiger partial charge in [-0.1, -0.05) is 0 Å². The van der Waals surface area contributed by atoms with Crippen molar-refractivity contribution in [3.8, 4) is 5.75 Å². The first-order valence-electron chi connectivity index (χ1n) is 6.94. The summed E-state index contributed by atoms with van der Waals surface area (Å²) in [7, 11) is -1.95. The number of methoxy groups -OCH3 is 1. The Bertz CT molecular complexity index is 543. The van der Waals surface area contributed by atoms with Crippen LogP contribution in [0, 0.1) is 0 Å². The Kier molecular flexibility index (Phi) is 5.58. The molecule has 1 heterocycles. The van der Waals surface area contributed by atoms with Gasteiger partial charge in [0.1, 0.15) is 12.4 Å². The number of sulfonamides is 1. The van der Waals surface area contributed by atoms with Crippen molar-refractivity contribution in [1.29, 1.82) is 0 Å². The Morgan fingerprint density at radius 3 is 2.62 bits per heavy atom. The molecule has 0 saturated carbocycles. The molecule has 0 aromatic heterocycles. The fraction of sp³-hybridized carbons (Fsp3) is 0.571. The summed E-state index contributed by atoms with van der Waals surface area (Å²) in [5.41, 5.74) is 0. The molecule has 0 spiro atoms. The summed E-state index contributed by atoms with van der Waals surface area (Å²) in [5.74, 6) is 0.602. The van der Waals surface area contributed by atoms with E-state index in [4.69, 9.17) is 9.47 Å². The number of ether oxygens (including phenoxy) is 2. The molecule has 21 heavy (non-hydrogen) atoms. The molecule has 1 aliphatic rings. The van der Waals surface area contributed by atoms with Gasteiger partial charge in [-0.2, -0.15) is 4.31 Å². The van der Waals surface area contributed by atoms with Gasteiger partial charge in [0.05, 0.1) is 17.6 Å². The lowest BCUT2D eigenvalue weighted by molar-refractivity contribution is 0.108. The van der Waals surface area contributed by atoms with Crippen LogP contribution >= 0.6 is 0 Å². The number of aliphatic hydroxyl groups is 1. The maximum Gasteiger partial charge on any atom is 0.243 e. The van der Waals surface area contributed by atoms with Gasteiger partial charge in [0.2, 0.25) is 10.0 Å². The number of hydrogen-bond donors (Lipinski definition) is 1. The van der Waals surface area contributed by atoms with E-state index in [0.29, 0.717) is 38.3 Å². The van der Waals surface area contributed by atoms with Crippen LogP contribution in [-0.2, 0) is 14.8 Å².